The zero-order valence-electron chi connectivity index (χ0n) is 16.7. The number of benzene rings is 1. The summed E-state index contributed by atoms with van der Waals surface area (Å²) in [6, 6.07) is 6.14. The Hall–Kier alpha value is -2.41. The maximum atomic E-state index is 13.3. The number of carbonyl (C=O) groups excluding carboxylic acids is 2. The second-order valence-corrected chi connectivity index (χ2v) is 8.08. The number of ether oxygens (including phenoxy) is 1. The van der Waals surface area contributed by atoms with Crippen LogP contribution in [0.15, 0.2) is 24.3 Å². The third-order valence-corrected chi connectivity index (χ3v) is 5.62. The normalized spacial score (nSPS) is 21.4. The van der Waals surface area contributed by atoms with Gasteiger partial charge < -0.3 is 14.7 Å². The van der Waals surface area contributed by atoms with Crippen molar-refractivity contribution in [2.45, 2.75) is 51.8 Å². The second kappa shape index (κ2) is 7.91. The molecule has 2 heterocycles. The first-order valence-electron chi connectivity index (χ1n) is 9.79. The summed E-state index contributed by atoms with van der Waals surface area (Å²) in [7, 11) is 0. The van der Waals surface area contributed by atoms with Gasteiger partial charge in [-0.3, -0.25) is 14.5 Å². The summed E-state index contributed by atoms with van der Waals surface area (Å²) in [4.78, 5) is 40.7. The van der Waals surface area contributed by atoms with Gasteiger partial charge in [0, 0.05) is 37.9 Å². The van der Waals surface area contributed by atoms with Crippen LogP contribution in [0.2, 0.25) is 0 Å². The van der Waals surface area contributed by atoms with Gasteiger partial charge in [-0.1, -0.05) is 32.0 Å². The largest absolute Gasteiger partial charge is 0.480 e. The molecule has 1 N–H and O–H groups in total. The molecule has 1 aromatic carbocycles. The summed E-state index contributed by atoms with van der Waals surface area (Å²) in [5, 5.41) is 9.66. The Balaban J connectivity index is 1.84. The van der Waals surface area contributed by atoms with Crippen LogP contribution >= 0.6 is 0 Å². The Kier molecular flexibility index (Phi) is 5.74. The van der Waals surface area contributed by atoms with Crippen molar-refractivity contribution in [3.05, 3.63) is 35.4 Å². The monoisotopic (exact) mass is 388 g/mol. The van der Waals surface area contributed by atoms with E-state index in [4.69, 9.17) is 4.74 Å². The molecular formula is C21H28N2O5. The lowest BCUT2D eigenvalue weighted by Gasteiger charge is -2.44. The van der Waals surface area contributed by atoms with Gasteiger partial charge in [0.05, 0.1) is 6.61 Å². The van der Waals surface area contributed by atoms with Crippen molar-refractivity contribution in [1.82, 2.24) is 9.80 Å². The topological polar surface area (TPSA) is 87.2 Å². The van der Waals surface area contributed by atoms with Crippen LogP contribution in [0.5, 0.6) is 0 Å². The highest BCUT2D eigenvalue weighted by molar-refractivity contribution is 5.98. The first kappa shape index (κ1) is 20.3. The van der Waals surface area contributed by atoms with E-state index in [1.807, 2.05) is 32.9 Å². The molecule has 152 valence electrons. The number of carboxylic acids is 1. The third-order valence-electron chi connectivity index (χ3n) is 5.62. The maximum Gasteiger partial charge on any atom is 0.328 e. The van der Waals surface area contributed by atoms with Gasteiger partial charge in [-0.25, -0.2) is 4.79 Å². The number of piperidine rings is 1. The molecule has 0 aliphatic carbocycles. The van der Waals surface area contributed by atoms with E-state index in [1.165, 1.54) is 4.90 Å². The molecule has 2 aliphatic rings. The van der Waals surface area contributed by atoms with Gasteiger partial charge in [-0.15, -0.1) is 0 Å². The molecule has 7 nitrogen and oxygen atoms in total. The Morgan fingerprint density at radius 1 is 1.21 bits per heavy atom. The predicted molar refractivity (Wildman–Crippen MR) is 103 cm³/mol. The van der Waals surface area contributed by atoms with Gasteiger partial charge in [0.1, 0.15) is 5.72 Å². The molecule has 0 radical (unpaired) electrons. The highest BCUT2D eigenvalue weighted by atomic mass is 16.5. The summed E-state index contributed by atoms with van der Waals surface area (Å²) in [5.74, 6) is -1.03. The molecule has 0 bridgehead atoms. The number of likely N-dealkylation sites (tertiary alicyclic amines) is 1. The zero-order valence-corrected chi connectivity index (χ0v) is 16.7. The fourth-order valence-corrected chi connectivity index (χ4v) is 4.08. The number of carboxylic acid groups (broad SMARTS) is 1. The summed E-state index contributed by atoms with van der Waals surface area (Å²) in [6.45, 7) is 6.71. The van der Waals surface area contributed by atoms with E-state index in [1.54, 1.807) is 17.0 Å². The highest BCUT2D eigenvalue weighted by Crippen LogP contribution is 2.39. The number of aliphatic carboxylic acids is 1. The van der Waals surface area contributed by atoms with Gasteiger partial charge in [-0.05, 0) is 24.5 Å². The Labute approximate surface area is 165 Å². The molecular weight excluding hydrogens is 360 g/mol. The van der Waals surface area contributed by atoms with Crippen LogP contribution in [0, 0.1) is 12.8 Å². The van der Waals surface area contributed by atoms with Crippen LogP contribution in [-0.4, -0.2) is 64.2 Å². The molecule has 0 unspecified atom stereocenters. The standard InChI is InChI=1S/C21H28N2O5/c1-14(2)12-18(24)22-10-8-21(9-11-22)23(17(13-28-21)20(26)27)19(25)16-7-5-4-6-15(16)3/h4-7,14,17H,8-13H2,1-3H3,(H,26,27)/t17-/m0/s1. The number of hydrogen-bond donors (Lipinski definition) is 1. The fraction of sp³-hybridized carbons (Fsp3) is 0.571. The molecule has 2 fully saturated rings. The molecule has 2 saturated heterocycles. The van der Waals surface area contributed by atoms with Crippen LogP contribution < -0.4 is 0 Å². The SMILES string of the molecule is Cc1ccccc1C(=O)N1[C@H](C(=O)O)COC12CCN(C(=O)CC(C)C)CC2. The second-order valence-electron chi connectivity index (χ2n) is 8.08. The molecule has 0 aromatic heterocycles. The fourth-order valence-electron chi connectivity index (χ4n) is 4.08. The number of hydrogen-bond acceptors (Lipinski definition) is 4. The average Bonchev–Trinajstić information content (AvgIpc) is 3.00. The number of aryl methyl sites for hydroxylation is 1. The van der Waals surface area contributed by atoms with Gasteiger partial charge in [-0.2, -0.15) is 0 Å². The van der Waals surface area contributed by atoms with E-state index in [-0.39, 0.29) is 24.3 Å². The molecule has 1 spiro atoms. The number of carbonyl (C=O) groups is 3. The average molecular weight is 388 g/mol. The van der Waals surface area contributed by atoms with Gasteiger partial charge >= 0.3 is 5.97 Å². The van der Waals surface area contributed by atoms with E-state index in [0.29, 0.717) is 37.9 Å². The molecule has 3 rings (SSSR count). The summed E-state index contributed by atoms with van der Waals surface area (Å²) >= 11 is 0. The minimum Gasteiger partial charge on any atom is -0.480 e. The van der Waals surface area contributed by atoms with Gasteiger partial charge in [0.25, 0.3) is 5.91 Å². The van der Waals surface area contributed by atoms with Crippen molar-refractivity contribution < 1.29 is 24.2 Å². The van der Waals surface area contributed by atoms with E-state index >= 15 is 0 Å². The van der Waals surface area contributed by atoms with E-state index < -0.39 is 17.7 Å². The van der Waals surface area contributed by atoms with Crippen molar-refractivity contribution in [1.29, 1.82) is 0 Å². The number of amides is 2. The zero-order chi connectivity index (χ0) is 20.5. The summed E-state index contributed by atoms with van der Waals surface area (Å²) in [5.41, 5.74) is 0.303. The van der Waals surface area contributed by atoms with Crippen molar-refractivity contribution >= 4 is 17.8 Å². The Bertz CT molecular complexity index is 768. The van der Waals surface area contributed by atoms with Crippen LogP contribution in [0.1, 0.15) is 49.0 Å². The Morgan fingerprint density at radius 3 is 2.43 bits per heavy atom. The third kappa shape index (κ3) is 3.76. The summed E-state index contributed by atoms with van der Waals surface area (Å²) in [6.07, 6.45) is 1.31. The minimum atomic E-state index is -1.07. The molecule has 2 aliphatic heterocycles. The smallest absolute Gasteiger partial charge is 0.328 e. The lowest BCUT2D eigenvalue weighted by Crippen LogP contribution is -2.58. The first-order chi connectivity index (χ1) is 13.2. The molecule has 1 aromatic rings. The Morgan fingerprint density at radius 2 is 1.86 bits per heavy atom. The van der Waals surface area contributed by atoms with E-state index in [9.17, 15) is 19.5 Å². The van der Waals surface area contributed by atoms with E-state index in [2.05, 4.69) is 0 Å². The predicted octanol–water partition coefficient (Wildman–Crippen LogP) is 2.29. The van der Waals surface area contributed by atoms with Crippen molar-refractivity contribution in [3.8, 4) is 0 Å². The van der Waals surface area contributed by atoms with Crippen molar-refractivity contribution in [2.75, 3.05) is 19.7 Å². The molecule has 7 heteroatoms. The van der Waals surface area contributed by atoms with Gasteiger partial charge in [0.15, 0.2) is 6.04 Å². The van der Waals surface area contributed by atoms with Gasteiger partial charge in [0.2, 0.25) is 5.91 Å². The number of rotatable bonds is 4. The van der Waals surface area contributed by atoms with E-state index in [0.717, 1.165) is 5.56 Å². The lowest BCUT2D eigenvalue weighted by atomic mass is 9.95. The first-order valence-corrected chi connectivity index (χ1v) is 9.79. The molecule has 28 heavy (non-hydrogen) atoms. The quantitative estimate of drug-likeness (QED) is 0.855. The van der Waals surface area contributed by atoms with Crippen LogP contribution in [0.3, 0.4) is 0 Å². The highest BCUT2D eigenvalue weighted by Gasteiger charge is 2.54. The summed E-state index contributed by atoms with van der Waals surface area (Å²) < 4.78 is 5.95. The van der Waals surface area contributed by atoms with Crippen molar-refractivity contribution in [2.24, 2.45) is 5.92 Å². The maximum absolute atomic E-state index is 13.3. The van der Waals surface area contributed by atoms with Crippen LogP contribution in [0.25, 0.3) is 0 Å². The molecule has 1 atom stereocenters. The molecule has 2 amide bonds. The molecule has 0 saturated carbocycles. The lowest BCUT2D eigenvalue weighted by molar-refractivity contribution is -0.148. The van der Waals surface area contributed by atoms with Crippen molar-refractivity contribution in [3.63, 3.8) is 0 Å². The van der Waals surface area contributed by atoms with Crippen LogP contribution in [0.4, 0.5) is 0 Å². The van der Waals surface area contributed by atoms with Crippen LogP contribution in [-0.2, 0) is 14.3 Å². The minimum absolute atomic E-state index is 0.0348. The number of nitrogens with zero attached hydrogens (tertiary/aromatic N) is 2.